The van der Waals surface area contributed by atoms with E-state index in [1.807, 2.05) is 4.57 Å². The molecule has 5 heteroatoms. The van der Waals surface area contributed by atoms with Crippen molar-refractivity contribution in [2.75, 3.05) is 0 Å². The zero-order chi connectivity index (χ0) is 11.7. The van der Waals surface area contributed by atoms with Crippen molar-refractivity contribution in [1.82, 2.24) is 14.9 Å². The van der Waals surface area contributed by atoms with Crippen LogP contribution >= 0.6 is 0 Å². The molecule has 1 unspecified atom stereocenters. The molecule has 86 valence electrons. The van der Waals surface area contributed by atoms with E-state index in [0.29, 0.717) is 18.9 Å². The lowest BCUT2D eigenvalue weighted by Gasteiger charge is -2.13. The molecule has 1 aliphatic rings. The van der Waals surface area contributed by atoms with E-state index in [0.717, 1.165) is 5.69 Å². The van der Waals surface area contributed by atoms with Crippen LogP contribution in [-0.4, -0.2) is 21.4 Å². The third-order valence-corrected chi connectivity index (χ3v) is 2.82. The van der Waals surface area contributed by atoms with Crippen LogP contribution in [0.25, 0.3) is 0 Å². The molecule has 2 heterocycles. The van der Waals surface area contributed by atoms with E-state index in [-0.39, 0.29) is 17.7 Å². The fourth-order valence-corrected chi connectivity index (χ4v) is 1.98. The number of rotatable bonds is 3. The van der Waals surface area contributed by atoms with Crippen LogP contribution in [0.3, 0.4) is 0 Å². The van der Waals surface area contributed by atoms with Crippen molar-refractivity contribution in [3.8, 4) is 0 Å². The van der Waals surface area contributed by atoms with Crippen LogP contribution in [0.5, 0.6) is 0 Å². The molecule has 0 saturated carbocycles. The van der Waals surface area contributed by atoms with Crippen LogP contribution in [0.2, 0.25) is 0 Å². The summed E-state index contributed by atoms with van der Waals surface area (Å²) in [4.78, 5) is 26.6. The van der Waals surface area contributed by atoms with Crippen LogP contribution in [0.15, 0.2) is 12.5 Å². The average molecular weight is 221 g/mol. The van der Waals surface area contributed by atoms with Crippen LogP contribution in [-0.2, 0) is 16.0 Å². The molecule has 2 amide bonds. The van der Waals surface area contributed by atoms with E-state index < -0.39 is 0 Å². The second-order valence-electron chi connectivity index (χ2n) is 4.40. The van der Waals surface area contributed by atoms with Gasteiger partial charge in [0.2, 0.25) is 11.8 Å². The fraction of sp³-hybridized carbons (Fsp3) is 0.545. The van der Waals surface area contributed by atoms with Crippen molar-refractivity contribution in [1.29, 1.82) is 0 Å². The lowest BCUT2D eigenvalue weighted by atomic mass is 10.0. The van der Waals surface area contributed by atoms with Gasteiger partial charge >= 0.3 is 0 Å². The molecule has 0 aliphatic carbocycles. The SMILES string of the molecule is CC(C)n1cncc1CC1CC(=O)NC1=O. The number of hydrogen-bond acceptors (Lipinski definition) is 3. The summed E-state index contributed by atoms with van der Waals surface area (Å²) in [6.45, 7) is 4.12. The summed E-state index contributed by atoms with van der Waals surface area (Å²) < 4.78 is 2.02. The highest BCUT2D eigenvalue weighted by atomic mass is 16.2. The van der Waals surface area contributed by atoms with Crippen molar-refractivity contribution in [3.05, 3.63) is 18.2 Å². The third-order valence-electron chi connectivity index (χ3n) is 2.82. The largest absolute Gasteiger partial charge is 0.332 e. The summed E-state index contributed by atoms with van der Waals surface area (Å²) in [6, 6.07) is 0.317. The maximum absolute atomic E-state index is 11.4. The number of carbonyl (C=O) groups is 2. The summed E-state index contributed by atoms with van der Waals surface area (Å²) in [6.07, 6.45) is 4.39. The average Bonchev–Trinajstić information content (AvgIpc) is 2.75. The summed E-state index contributed by atoms with van der Waals surface area (Å²) >= 11 is 0. The molecule has 1 aromatic heterocycles. The molecule has 0 aromatic carbocycles. The molecule has 1 saturated heterocycles. The lowest BCUT2D eigenvalue weighted by molar-refractivity contribution is -0.125. The Morgan fingerprint density at radius 2 is 2.31 bits per heavy atom. The van der Waals surface area contributed by atoms with Crippen molar-refractivity contribution >= 4 is 11.8 Å². The molecule has 0 bridgehead atoms. The van der Waals surface area contributed by atoms with Crippen LogP contribution in [0.1, 0.15) is 32.0 Å². The normalized spacial score (nSPS) is 20.6. The summed E-state index contributed by atoms with van der Waals surface area (Å²) in [5.74, 6) is -0.575. The van der Waals surface area contributed by atoms with Gasteiger partial charge in [-0.25, -0.2) is 4.98 Å². The molecule has 1 aromatic rings. The standard InChI is InChI=1S/C11H15N3O2/c1-7(2)14-6-12-5-9(14)3-8-4-10(15)13-11(8)16/h5-8H,3-4H2,1-2H3,(H,13,15,16). The number of carbonyl (C=O) groups excluding carboxylic acids is 2. The van der Waals surface area contributed by atoms with Gasteiger partial charge in [-0.2, -0.15) is 0 Å². The number of imide groups is 1. The Morgan fingerprint density at radius 1 is 1.56 bits per heavy atom. The molecular formula is C11H15N3O2. The van der Waals surface area contributed by atoms with E-state index in [9.17, 15) is 9.59 Å². The van der Waals surface area contributed by atoms with Gasteiger partial charge < -0.3 is 4.57 Å². The number of amides is 2. The molecule has 1 fully saturated rings. The maximum Gasteiger partial charge on any atom is 0.230 e. The number of imidazole rings is 1. The predicted octanol–water partition coefficient (Wildman–Crippen LogP) is 0.669. The van der Waals surface area contributed by atoms with Gasteiger partial charge in [-0.1, -0.05) is 0 Å². The first-order valence-electron chi connectivity index (χ1n) is 5.42. The topological polar surface area (TPSA) is 64.0 Å². The second kappa shape index (κ2) is 4.08. The first-order chi connectivity index (χ1) is 7.58. The Labute approximate surface area is 93.9 Å². The minimum atomic E-state index is -0.235. The molecule has 0 radical (unpaired) electrons. The monoisotopic (exact) mass is 221 g/mol. The minimum absolute atomic E-state index is 0.165. The lowest BCUT2D eigenvalue weighted by Crippen LogP contribution is -2.23. The quantitative estimate of drug-likeness (QED) is 0.763. The van der Waals surface area contributed by atoms with Gasteiger partial charge in [-0.05, 0) is 13.8 Å². The molecule has 2 rings (SSSR count). The Kier molecular flexibility index (Phi) is 2.77. The third kappa shape index (κ3) is 1.98. The predicted molar refractivity (Wildman–Crippen MR) is 57.6 cm³/mol. The first kappa shape index (κ1) is 10.9. The molecule has 0 spiro atoms. The van der Waals surface area contributed by atoms with E-state index >= 15 is 0 Å². The highest BCUT2D eigenvalue weighted by molar-refractivity contribution is 6.03. The molecular weight excluding hydrogens is 206 g/mol. The minimum Gasteiger partial charge on any atom is -0.332 e. The van der Waals surface area contributed by atoms with Crippen LogP contribution < -0.4 is 5.32 Å². The van der Waals surface area contributed by atoms with E-state index in [4.69, 9.17) is 0 Å². The number of nitrogens with one attached hydrogen (secondary N) is 1. The van der Waals surface area contributed by atoms with Gasteiger partial charge in [0.1, 0.15) is 0 Å². The Morgan fingerprint density at radius 3 is 2.88 bits per heavy atom. The summed E-state index contributed by atoms with van der Waals surface area (Å²) in [5.41, 5.74) is 1.00. The molecule has 1 N–H and O–H groups in total. The molecule has 5 nitrogen and oxygen atoms in total. The number of aromatic nitrogens is 2. The van der Waals surface area contributed by atoms with Crippen molar-refractivity contribution in [3.63, 3.8) is 0 Å². The van der Waals surface area contributed by atoms with Gasteiger partial charge in [-0.3, -0.25) is 14.9 Å². The van der Waals surface area contributed by atoms with Gasteiger partial charge in [0, 0.05) is 30.8 Å². The van der Waals surface area contributed by atoms with Gasteiger partial charge in [-0.15, -0.1) is 0 Å². The van der Waals surface area contributed by atoms with E-state index in [1.165, 1.54) is 0 Å². The maximum atomic E-state index is 11.4. The van der Waals surface area contributed by atoms with Crippen molar-refractivity contribution < 1.29 is 9.59 Å². The van der Waals surface area contributed by atoms with Crippen LogP contribution in [0.4, 0.5) is 0 Å². The molecule has 16 heavy (non-hydrogen) atoms. The Bertz CT molecular complexity index is 423. The van der Waals surface area contributed by atoms with E-state index in [1.54, 1.807) is 12.5 Å². The first-order valence-corrected chi connectivity index (χ1v) is 5.42. The molecule has 1 atom stereocenters. The van der Waals surface area contributed by atoms with E-state index in [2.05, 4.69) is 24.1 Å². The van der Waals surface area contributed by atoms with Gasteiger partial charge in [0.05, 0.1) is 12.2 Å². The second-order valence-corrected chi connectivity index (χ2v) is 4.40. The summed E-state index contributed by atoms with van der Waals surface area (Å²) in [5, 5.41) is 2.32. The highest BCUT2D eigenvalue weighted by Crippen LogP contribution is 2.19. The zero-order valence-electron chi connectivity index (χ0n) is 9.43. The fourth-order valence-electron chi connectivity index (χ4n) is 1.98. The highest BCUT2D eigenvalue weighted by Gasteiger charge is 2.31. The van der Waals surface area contributed by atoms with Crippen molar-refractivity contribution in [2.45, 2.75) is 32.7 Å². The smallest absolute Gasteiger partial charge is 0.230 e. The Balaban J connectivity index is 2.12. The zero-order valence-corrected chi connectivity index (χ0v) is 9.43. The Hall–Kier alpha value is -1.65. The van der Waals surface area contributed by atoms with Crippen LogP contribution in [0, 0.1) is 5.92 Å². The van der Waals surface area contributed by atoms with Gasteiger partial charge in [0.25, 0.3) is 0 Å². The van der Waals surface area contributed by atoms with Crippen molar-refractivity contribution in [2.24, 2.45) is 5.92 Å². The number of hydrogen-bond donors (Lipinski definition) is 1. The summed E-state index contributed by atoms with van der Waals surface area (Å²) in [7, 11) is 0. The molecule has 1 aliphatic heterocycles. The number of nitrogens with zero attached hydrogens (tertiary/aromatic N) is 2. The van der Waals surface area contributed by atoms with Gasteiger partial charge in [0.15, 0.2) is 0 Å².